The molecule has 1 atom stereocenters. The molecular weight excluding hydrogens is 324 g/mol. The van der Waals surface area contributed by atoms with Crippen molar-refractivity contribution in [1.29, 1.82) is 0 Å². The SMILES string of the molecule is CCNC(=O)C[NH+](CC)CC(=O)Nc1cc(Cl)ccc1[N+](=O)[O-]. The third-order valence-corrected chi connectivity index (χ3v) is 3.36. The molecule has 0 aliphatic heterocycles. The first-order chi connectivity index (χ1) is 10.9. The first-order valence-electron chi connectivity index (χ1n) is 7.21. The molecular formula is C14H20ClN4O4+. The second kappa shape index (κ2) is 9.06. The molecule has 8 nitrogen and oxygen atoms in total. The average molecular weight is 344 g/mol. The highest BCUT2D eigenvalue weighted by atomic mass is 35.5. The molecule has 0 aliphatic carbocycles. The molecule has 1 unspecified atom stereocenters. The zero-order chi connectivity index (χ0) is 17.4. The highest BCUT2D eigenvalue weighted by Gasteiger charge is 2.20. The van der Waals surface area contributed by atoms with Gasteiger partial charge in [-0.05, 0) is 26.0 Å². The Morgan fingerprint density at radius 3 is 2.48 bits per heavy atom. The van der Waals surface area contributed by atoms with Gasteiger partial charge in [0.2, 0.25) is 0 Å². The van der Waals surface area contributed by atoms with Gasteiger partial charge >= 0.3 is 0 Å². The summed E-state index contributed by atoms with van der Waals surface area (Å²) in [6, 6.07) is 3.94. The van der Waals surface area contributed by atoms with Crippen LogP contribution in [-0.4, -0.2) is 42.9 Å². The van der Waals surface area contributed by atoms with Crippen LogP contribution in [0.3, 0.4) is 0 Å². The predicted molar refractivity (Wildman–Crippen MR) is 86.7 cm³/mol. The lowest BCUT2D eigenvalue weighted by molar-refractivity contribution is -0.881. The number of likely N-dealkylation sites (N-methyl/N-ethyl adjacent to an activating group) is 2. The first-order valence-corrected chi connectivity index (χ1v) is 7.59. The minimum absolute atomic E-state index is 0.0251. The van der Waals surface area contributed by atoms with Crippen molar-refractivity contribution in [2.75, 3.05) is 31.5 Å². The van der Waals surface area contributed by atoms with Gasteiger partial charge < -0.3 is 15.5 Å². The number of anilines is 1. The van der Waals surface area contributed by atoms with Crippen LogP contribution >= 0.6 is 11.6 Å². The highest BCUT2D eigenvalue weighted by Crippen LogP contribution is 2.27. The van der Waals surface area contributed by atoms with E-state index >= 15 is 0 Å². The molecule has 0 bridgehead atoms. The fourth-order valence-corrected chi connectivity index (χ4v) is 2.16. The number of halogens is 1. The summed E-state index contributed by atoms with van der Waals surface area (Å²) in [5.74, 6) is -0.567. The van der Waals surface area contributed by atoms with E-state index in [-0.39, 0.29) is 35.4 Å². The zero-order valence-electron chi connectivity index (χ0n) is 13.0. The summed E-state index contributed by atoms with van der Waals surface area (Å²) in [5, 5.41) is 16.4. The van der Waals surface area contributed by atoms with Crippen LogP contribution in [0.25, 0.3) is 0 Å². The van der Waals surface area contributed by atoms with E-state index in [1.807, 2.05) is 13.8 Å². The number of quaternary nitrogens is 1. The molecule has 2 amide bonds. The third-order valence-electron chi connectivity index (χ3n) is 3.12. The van der Waals surface area contributed by atoms with Crippen LogP contribution in [-0.2, 0) is 9.59 Å². The molecule has 3 N–H and O–H groups in total. The minimum Gasteiger partial charge on any atom is -0.351 e. The molecule has 0 saturated heterocycles. The lowest BCUT2D eigenvalue weighted by Gasteiger charge is -2.16. The molecule has 1 rings (SSSR count). The summed E-state index contributed by atoms with van der Waals surface area (Å²) in [4.78, 5) is 34.8. The van der Waals surface area contributed by atoms with Crippen molar-refractivity contribution in [2.45, 2.75) is 13.8 Å². The Bertz CT molecular complexity index is 594. The van der Waals surface area contributed by atoms with Crippen molar-refractivity contribution in [3.8, 4) is 0 Å². The van der Waals surface area contributed by atoms with Gasteiger partial charge in [0.25, 0.3) is 17.5 Å². The van der Waals surface area contributed by atoms with Gasteiger partial charge in [-0.25, -0.2) is 0 Å². The fourth-order valence-electron chi connectivity index (χ4n) is 1.99. The van der Waals surface area contributed by atoms with E-state index in [4.69, 9.17) is 11.6 Å². The largest absolute Gasteiger partial charge is 0.351 e. The van der Waals surface area contributed by atoms with Gasteiger partial charge in [-0.3, -0.25) is 19.7 Å². The van der Waals surface area contributed by atoms with Gasteiger partial charge in [0.15, 0.2) is 13.1 Å². The van der Waals surface area contributed by atoms with Gasteiger partial charge in [-0.15, -0.1) is 0 Å². The number of amides is 2. The van der Waals surface area contributed by atoms with E-state index in [0.29, 0.717) is 13.1 Å². The van der Waals surface area contributed by atoms with Crippen LogP contribution in [0.15, 0.2) is 18.2 Å². The Hall–Kier alpha value is -2.19. The zero-order valence-corrected chi connectivity index (χ0v) is 13.8. The van der Waals surface area contributed by atoms with Crippen LogP contribution in [0.4, 0.5) is 11.4 Å². The second-order valence-electron chi connectivity index (χ2n) is 4.88. The predicted octanol–water partition coefficient (Wildman–Crippen LogP) is 0.228. The number of benzene rings is 1. The van der Waals surface area contributed by atoms with Gasteiger partial charge in [0.1, 0.15) is 5.69 Å². The van der Waals surface area contributed by atoms with Crippen molar-refractivity contribution in [1.82, 2.24) is 5.32 Å². The van der Waals surface area contributed by atoms with E-state index in [1.165, 1.54) is 18.2 Å². The van der Waals surface area contributed by atoms with Crippen molar-refractivity contribution in [2.24, 2.45) is 0 Å². The standard InChI is InChI=1S/C14H19ClN4O4/c1-3-16-13(20)8-18(4-2)9-14(21)17-11-7-10(15)5-6-12(11)19(22)23/h5-7H,3-4,8-9H2,1-2H3,(H,16,20)(H,17,21)/p+1. The molecule has 0 radical (unpaired) electrons. The maximum absolute atomic E-state index is 12.1. The molecule has 0 aliphatic rings. The summed E-state index contributed by atoms with van der Waals surface area (Å²) in [7, 11) is 0. The lowest BCUT2D eigenvalue weighted by atomic mass is 10.2. The number of hydrogen-bond donors (Lipinski definition) is 3. The van der Waals surface area contributed by atoms with Crippen molar-refractivity contribution in [3.63, 3.8) is 0 Å². The summed E-state index contributed by atoms with van der Waals surface area (Å²) in [6.07, 6.45) is 0. The average Bonchev–Trinajstić information content (AvgIpc) is 2.46. The van der Waals surface area contributed by atoms with E-state index in [9.17, 15) is 19.7 Å². The smallest absolute Gasteiger partial charge is 0.292 e. The normalized spacial score (nSPS) is 11.6. The maximum Gasteiger partial charge on any atom is 0.292 e. The van der Waals surface area contributed by atoms with Crippen molar-refractivity contribution >= 4 is 34.8 Å². The number of nitro groups is 1. The molecule has 1 aromatic rings. The second-order valence-corrected chi connectivity index (χ2v) is 5.31. The first kappa shape index (κ1) is 18.9. The van der Waals surface area contributed by atoms with Crippen LogP contribution < -0.4 is 15.5 Å². The summed E-state index contributed by atoms with van der Waals surface area (Å²) in [5.41, 5.74) is -0.189. The number of nitrogens with one attached hydrogen (secondary N) is 3. The molecule has 0 spiro atoms. The molecule has 126 valence electrons. The van der Waals surface area contributed by atoms with Gasteiger partial charge in [0.05, 0.1) is 11.5 Å². The number of hydrogen-bond acceptors (Lipinski definition) is 4. The van der Waals surface area contributed by atoms with Crippen molar-refractivity contribution in [3.05, 3.63) is 33.3 Å². The van der Waals surface area contributed by atoms with Gasteiger partial charge in [0, 0.05) is 17.6 Å². The molecule has 0 aromatic heterocycles. The topological polar surface area (TPSA) is 106 Å². The summed E-state index contributed by atoms with van der Waals surface area (Å²) < 4.78 is 0. The summed E-state index contributed by atoms with van der Waals surface area (Å²) >= 11 is 5.81. The summed E-state index contributed by atoms with van der Waals surface area (Å²) in [6.45, 7) is 4.95. The van der Waals surface area contributed by atoms with E-state index in [2.05, 4.69) is 10.6 Å². The number of carbonyl (C=O) groups excluding carboxylic acids is 2. The monoisotopic (exact) mass is 343 g/mol. The van der Waals surface area contributed by atoms with Crippen LogP contribution in [0.1, 0.15) is 13.8 Å². The molecule has 0 saturated carbocycles. The van der Waals surface area contributed by atoms with E-state index in [0.717, 1.165) is 4.90 Å². The Balaban J connectivity index is 2.73. The highest BCUT2D eigenvalue weighted by molar-refractivity contribution is 6.31. The number of nitrogens with zero attached hydrogens (tertiary/aromatic N) is 1. The fraction of sp³-hybridized carbons (Fsp3) is 0.429. The Morgan fingerprint density at radius 2 is 1.91 bits per heavy atom. The van der Waals surface area contributed by atoms with Crippen LogP contribution in [0.5, 0.6) is 0 Å². The molecule has 0 heterocycles. The Morgan fingerprint density at radius 1 is 1.26 bits per heavy atom. The Kier molecular flexibility index (Phi) is 7.43. The van der Waals surface area contributed by atoms with Crippen LogP contribution in [0.2, 0.25) is 5.02 Å². The number of rotatable bonds is 8. The van der Waals surface area contributed by atoms with E-state index < -0.39 is 10.8 Å². The third kappa shape index (κ3) is 6.21. The van der Waals surface area contributed by atoms with Crippen molar-refractivity contribution < 1.29 is 19.4 Å². The minimum atomic E-state index is -0.592. The molecule has 0 fully saturated rings. The van der Waals surface area contributed by atoms with Gasteiger partial charge in [-0.1, -0.05) is 11.6 Å². The molecule has 9 heteroatoms. The Labute approximate surface area is 138 Å². The van der Waals surface area contributed by atoms with E-state index in [1.54, 1.807) is 0 Å². The quantitative estimate of drug-likeness (QED) is 0.464. The maximum atomic E-state index is 12.1. The van der Waals surface area contributed by atoms with Gasteiger partial charge in [-0.2, -0.15) is 0 Å². The lowest BCUT2D eigenvalue weighted by Crippen LogP contribution is -3.14. The number of nitro benzene ring substituents is 1. The molecule has 23 heavy (non-hydrogen) atoms. The molecule has 1 aromatic carbocycles. The number of carbonyl (C=O) groups is 2. The van der Waals surface area contributed by atoms with Crippen LogP contribution in [0, 0.1) is 10.1 Å².